The van der Waals surface area contributed by atoms with Crippen LogP contribution in [0.3, 0.4) is 0 Å². The van der Waals surface area contributed by atoms with Crippen LogP contribution in [0.15, 0.2) is 18.2 Å². The maximum atomic E-state index is 6.07. The van der Waals surface area contributed by atoms with Gasteiger partial charge >= 0.3 is 0 Å². The van der Waals surface area contributed by atoms with Crippen molar-refractivity contribution in [2.45, 2.75) is 46.1 Å². The smallest absolute Gasteiger partial charge is 0.123 e. The van der Waals surface area contributed by atoms with Crippen LogP contribution in [0.5, 0.6) is 5.75 Å². The highest BCUT2D eigenvalue weighted by atomic mass is 35.5. The van der Waals surface area contributed by atoms with E-state index in [2.05, 4.69) is 39.0 Å². The summed E-state index contributed by atoms with van der Waals surface area (Å²) in [6.45, 7) is 6.65. The van der Waals surface area contributed by atoms with Crippen molar-refractivity contribution in [1.29, 1.82) is 0 Å². The molecule has 1 aliphatic rings. The van der Waals surface area contributed by atoms with Crippen molar-refractivity contribution >= 4 is 11.6 Å². The van der Waals surface area contributed by atoms with E-state index in [4.69, 9.17) is 16.3 Å². The normalized spacial score (nSPS) is 19.7. The lowest BCUT2D eigenvalue weighted by Crippen LogP contribution is -2.20. The van der Waals surface area contributed by atoms with Crippen LogP contribution in [0.25, 0.3) is 0 Å². The lowest BCUT2D eigenvalue weighted by Gasteiger charge is -2.20. The van der Waals surface area contributed by atoms with Gasteiger partial charge in [0.1, 0.15) is 11.9 Å². The van der Waals surface area contributed by atoms with Gasteiger partial charge in [0.05, 0.1) is 0 Å². The van der Waals surface area contributed by atoms with Crippen LogP contribution < -0.4 is 4.74 Å². The van der Waals surface area contributed by atoms with E-state index < -0.39 is 0 Å². The fourth-order valence-electron chi connectivity index (χ4n) is 2.84. The van der Waals surface area contributed by atoms with E-state index in [1.165, 1.54) is 17.5 Å². The summed E-state index contributed by atoms with van der Waals surface area (Å²) in [4.78, 5) is 0. The maximum absolute atomic E-state index is 6.07. The summed E-state index contributed by atoms with van der Waals surface area (Å²) in [5, 5.41) is 0. The van der Waals surface area contributed by atoms with Crippen LogP contribution in [-0.4, -0.2) is 12.0 Å². The van der Waals surface area contributed by atoms with Gasteiger partial charge in [0.2, 0.25) is 0 Å². The number of halogens is 1. The summed E-state index contributed by atoms with van der Waals surface area (Å²) in [6.07, 6.45) is 3.64. The number of hydrogen-bond donors (Lipinski definition) is 0. The number of hydrogen-bond acceptors (Lipinski definition) is 1. The molecule has 100 valence electrons. The standard InChI is InChI=1S/C16H23ClO/c1-11(2)6-13(10-17)8-15-9-14-7-12(3)4-5-16(14)18-15/h4-5,7,11,13,15H,6,8-10H2,1-3H3. The van der Waals surface area contributed by atoms with E-state index in [-0.39, 0.29) is 0 Å². The van der Waals surface area contributed by atoms with Gasteiger partial charge in [-0.05, 0) is 43.2 Å². The van der Waals surface area contributed by atoms with Gasteiger partial charge in [-0.25, -0.2) is 0 Å². The SMILES string of the molecule is Cc1ccc2c(c1)CC(CC(CCl)CC(C)C)O2. The van der Waals surface area contributed by atoms with Crippen molar-refractivity contribution in [3.63, 3.8) is 0 Å². The third kappa shape index (κ3) is 3.41. The highest BCUT2D eigenvalue weighted by Gasteiger charge is 2.25. The van der Waals surface area contributed by atoms with Crippen LogP contribution >= 0.6 is 11.6 Å². The molecule has 0 bridgehead atoms. The zero-order valence-electron chi connectivity index (χ0n) is 11.6. The first-order valence-corrected chi connectivity index (χ1v) is 7.44. The third-order valence-electron chi connectivity index (χ3n) is 3.58. The second kappa shape index (κ2) is 5.97. The van der Waals surface area contributed by atoms with E-state index in [0.29, 0.717) is 17.9 Å². The molecule has 1 aliphatic heterocycles. The Balaban J connectivity index is 1.94. The Morgan fingerprint density at radius 3 is 2.83 bits per heavy atom. The van der Waals surface area contributed by atoms with Gasteiger partial charge in [-0.1, -0.05) is 31.5 Å². The van der Waals surface area contributed by atoms with Crippen molar-refractivity contribution in [3.05, 3.63) is 29.3 Å². The second-order valence-corrected chi connectivity index (χ2v) is 6.25. The molecule has 0 fully saturated rings. The molecule has 0 saturated carbocycles. The van der Waals surface area contributed by atoms with E-state index in [1.807, 2.05) is 0 Å². The molecule has 2 heteroatoms. The highest BCUT2D eigenvalue weighted by Crippen LogP contribution is 2.33. The van der Waals surface area contributed by atoms with Crippen LogP contribution in [0.4, 0.5) is 0 Å². The van der Waals surface area contributed by atoms with Crippen molar-refractivity contribution in [2.75, 3.05) is 5.88 Å². The number of rotatable bonds is 5. The van der Waals surface area contributed by atoms with Crippen LogP contribution in [-0.2, 0) is 6.42 Å². The first-order chi connectivity index (χ1) is 8.58. The van der Waals surface area contributed by atoms with Gasteiger partial charge in [-0.2, -0.15) is 0 Å². The summed E-state index contributed by atoms with van der Waals surface area (Å²) >= 11 is 6.07. The number of alkyl halides is 1. The minimum Gasteiger partial charge on any atom is -0.490 e. The van der Waals surface area contributed by atoms with E-state index in [1.54, 1.807) is 0 Å². The minimum absolute atomic E-state index is 0.323. The van der Waals surface area contributed by atoms with Gasteiger partial charge in [0.25, 0.3) is 0 Å². The van der Waals surface area contributed by atoms with E-state index >= 15 is 0 Å². The predicted molar refractivity (Wildman–Crippen MR) is 77.6 cm³/mol. The first-order valence-electron chi connectivity index (χ1n) is 6.90. The van der Waals surface area contributed by atoms with Gasteiger partial charge < -0.3 is 4.74 Å². The Morgan fingerprint density at radius 2 is 2.17 bits per heavy atom. The van der Waals surface area contributed by atoms with E-state index in [0.717, 1.165) is 24.5 Å². The molecule has 0 aliphatic carbocycles. The van der Waals surface area contributed by atoms with Crippen molar-refractivity contribution in [3.8, 4) is 5.75 Å². The number of fused-ring (bicyclic) bond motifs is 1. The van der Waals surface area contributed by atoms with Gasteiger partial charge in [0.15, 0.2) is 0 Å². The molecule has 0 amide bonds. The topological polar surface area (TPSA) is 9.23 Å². The molecule has 1 heterocycles. The molecule has 1 aromatic rings. The number of aryl methyl sites for hydroxylation is 1. The molecular weight excluding hydrogens is 244 g/mol. The fraction of sp³-hybridized carbons (Fsp3) is 0.625. The Kier molecular flexibility index (Phi) is 4.55. The van der Waals surface area contributed by atoms with Gasteiger partial charge in [0, 0.05) is 12.3 Å². The quantitative estimate of drug-likeness (QED) is 0.709. The highest BCUT2D eigenvalue weighted by molar-refractivity contribution is 6.18. The van der Waals surface area contributed by atoms with Crippen molar-refractivity contribution in [2.24, 2.45) is 11.8 Å². The average molecular weight is 267 g/mol. The van der Waals surface area contributed by atoms with E-state index in [9.17, 15) is 0 Å². The summed E-state index contributed by atoms with van der Waals surface area (Å²) in [7, 11) is 0. The summed E-state index contributed by atoms with van der Waals surface area (Å²) in [5.74, 6) is 3.10. The zero-order valence-corrected chi connectivity index (χ0v) is 12.3. The van der Waals surface area contributed by atoms with Crippen LogP contribution in [0.1, 0.15) is 37.8 Å². The summed E-state index contributed by atoms with van der Waals surface area (Å²) < 4.78 is 6.02. The minimum atomic E-state index is 0.323. The Hall–Kier alpha value is -0.690. The molecule has 0 saturated heterocycles. The monoisotopic (exact) mass is 266 g/mol. The number of benzene rings is 1. The molecule has 1 nitrogen and oxygen atoms in total. The second-order valence-electron chi connectivity index (χ2n) is 5.94. The lowest BCUT2D eigenvalue weighted by molar-refractivity contribution is 0.191. The molecular formula is C16H23ClO. The van der Waals surface area contributed by atoms with Crippen molar-refractivity contribution < 1.29 is 4.74 Å². The third-order valence-corrected chi connectivity index (χ3v) is 4.01. The maximum Gasteiger partial charge on any atom is 0.123 e. The summed E-state index contributed by atoms with van der Waals surface area (Å²) in [5.41, 5.74) is 2.67. The van der Waals surface area contributed by atoms with Crippen molar-refractivity contribution in [1.82, 2.24) is 0 Å². The Labute approximate surface area is 115 Å². The van der Waals surface area contributed by atoms with Crippen LogP contribution in [0, 0.1) is 18.8 Å². The zero-order chi connectivity index (χ0) is 13.1. The summed E-state index contributed by atoms with van der Waals surface area (Å²) in [6, 6.07) is 6.46. The molecule has 2 atom stereocenters. The molecule has 0 spiro atoms. The van der Waals surface area contributed by atoms with Crippen LogP contribution in [0.2, 0.25) is 0 Å². The first kappa shape index (κ1) is 13.7. The van der Waals surface area contributed by atoms with Gasteiger partial charge in [-0.15, -0.1) is 11.6 Å². The lowest BCUT2D eigenvalue weighted by atomic mass is 9.92. The predicted octanol–water partition coefficient (Wildman–Crippen LogP) is 4.59. The molecule has 1 aromatic carbocycles. The Morgan fingerprint density at radius 1 is 1.39 bits per heavy atom. The molecule has 18 heavy (non-hydrogen) atoms. The Bertz CT molecular complexity index is 400. The number of ether oxygens (including phenoxy) is 1. The molecule has 0 aromatic heterocycles. The molecule has 2 rings (SSSR count). The average Bonchev–Trinajstić information content (AvgIpc) is 2.68. The molecule has 0 N–H and O–H groups in total. The largest absolute Gasteiger partial charge is 0.490 e. The molecule has 0 radical (unpaired) electrons. The van der Waals surface area contributed by atoms with Gasteiger partial charge in [-0.3, -0.25) is 0 Å². The fourth-order valence-corrected chi connectivity index (χ4v) is 3.09. The molecule has 2 unspecified atom stereocenters.